The molecule has 0 saturated heterocycles. The Hall–Kier alpha value is -4.00. The summed E-state index contributed by atoms with van der Waals surface area (Å²) in [6.45, 7) is 0.0760. The molecule has 1 atom stereocenters. The minimum absolute atomic E-state index is 0.0760. The first-order chi connectivity index (χ1) is 16.8. The Morgan fingerprint density at radius 1 is 0.971 bits per heavy atom. The third-order valence-corrected chi connectivity index (χ3v) is 6.18. The Labute approximate surface area is 203 Å². The molecule has 1 unspecified atom stereocenters. The van der Waals surface area contributed by atoms with E-state index >= 15 is 0 Å². The molecule has 0 bridgehead atoms. The topological polar surface area (TPSA) is 52.7 Å². The van der Waals surface area contributed by atoms with Crippen molar-refractivity contribution in [2.45, 2.75) is 18.4 Å². The molecule has 1 N–H and O–H groups in total. The summed E-state index contributed by atoms with van der Waals surface area (Å²) >= 11 is 0. The number of nitrogens with one attached hydrogen (secondary N) is 1. The molecule has 1 heterocycles. The van der Waals surface area contributed by atoms with E-state index in [0.29, 0.717) is 11.3 Å². The van der Waals surface area contributed by atoms with Gasteiger partial charge in [-0.2, -0.15) is 0 Å². The lowest BCUT2D eigenvalue weighted by Crippen LogP contribution is -2.49. The highest BCUT2D eigenvalue weighted by Gasteiger charge is 2.45. The van der Waals surface area contributed by atoms with Gasteiger partial charge in [-0.1, -0.05) is 48.5 Å². The fourth-order valence-corrected chi connectivity index (χ4v) is 4.48. The van der Waals surface area contributed by atoms with Crippen LogP contribution in [0.3, 0.4) is 0 Å². The first-order valence-corrected chi connectivity index (χ1v) is 11.4. The van der Waals surface area contributed by atoms with Crippen molar-refractivity contribution < 1.29 is 18.4 Å². The number of carbonyl (C=O) groups excluding carboxylic acids is 2. The predicted molar refractivity (Wildman–Crippen MR) is 133 cm³/mol. The zero-order valence-electron chi connectivity index (χ0n) is 19.7. The number of nitrogens with zero attached hydrogens (tertiary/aromatic N) is 2. The molecule has 0 aromatic heterocycles. The van der Waals surface area contributed by atoms with Gasteiger partial charge in [-0.3, -0.25) is 4.79 Å². The van der Waals surface area contributed by atoms with Gasteiger partial charge in [0.1, 0.15) is 11.6 Å². The Kier molecular flexibility index (Phi) is 6.96. The number of hydrogen-bond donors (Lipinski definition) is 1. The minimum atomic E-state index is -1.02. The fraction of sp³-hybridized carbons (Fsp3) is 0.214. The molecule has 0 spiro atoms. The zero-order valence-corrected chi connectivity index (χ0v) is 19.7. The van der Waals surface area contributed by atoms with Gasteiger partial charge in [0.15, 0.2) is 0 Å². The molecule has 0 aliphatic carbocycles. The number of carbonyl (C=O) groups is 2. The zero-order chi connectivity index (χ0) is 25.0. The quantitative estimate of drug-likeness (QED) is 0.500. The van der Waals surface area contributed by atoms with Gasteiger partial charge < -0.3 is 15.1 Å². The third kappa shape index (κ3) is 5.09. The number of rotatable bonds is 6. The molecule has 3 aromatic carbocycles. The Balaban J connectivity index is 1.76. The van der Waals surface area contributed by atoms with Gasteiger partial charge in [-0.25, -0.2) is 13.6 Å². The van der Waals surface area contributed by atoms with Crippen molar-refractivity contribution in [2.24, 2.45) is 0 Å². The largest absolute Gasteiger partial charge is 0.331 e. The van der Waals surface area contributed by atoms with Crippen LogP contribution in [0.5, 0.6) is 0 Å². The van der Waals surface area contributed by atoms with Gasteiger partial charge in [-0.15, -0.1) is 0 Å². The lowest BCUT2D eigenvalue weighted by atomic mass is 9.84. The van der Waals surface area contributed by atoms with E-state index in [0.717, 1.165) is 23.8 Å². The number of amides is 3. The van der Waals surface area contributed by atoms with E-state index in [4.69, 9.17) is 0 Å². The van der Waals surface area contributed by atoms with E-state index in [2.05, 4.69) is 5.32 Å². The smallest absolute Gasteiger partial charge is 0.320 e. The van der Waals surface area contributed by atoms with Crippen LogP contribution in [0.25, 0.3) is 5.57 Å². The van der Waals surface area contributed by atoms with Crippen molar-refractivity contribution in [3.05, 3.63) is 108 Å². The van der Waals surface area contributed by atoms with Crippen molar-refractivity contribution in [1.82, 2.24) is 9.80 Å². The maximum absolute atomic E-state index is 14.7. The molecule has 1 aliphatic rings. The average Bonchev–Trinajstić information content (AvgIpc) is 3.25. The monoisotopic (exact) mass is 475 g/mol. The lowest BCUT2D eigenvalue weighted by Gasteiger charge is -2.40. The van der Waals surface area contributed by atoms with Crippen LogP contribution in [0, 0.1) is 11.6 Å². The van der Waals surface area contributed by atoms with Gasteiger partial charge in [0.2, 0.25) is 5.91 Å². The summed E-state index contributed by atoms with van der Waals surface area (Å²) in [6.07, 6.45) is 2.17. The average molecular weight is 476 g/mol. The summed E-state index contributed by atoms with van der Waals surface area (Å²) in [5.74, 6) is -1.34. The molecule has 35 heavy (non-hydrogen) atoms. The summed E-state index contributed by atoms with van der Waals surface area (Å²) < 4.78 is 28.8. The van der Waals surface area contributed by atoms with Gasteiger partial charge in [0.25, 0.3) is 0 Å². The molecule has 0 fully saturated rings. The van der Waals surface area contributed by atoms with Crippen molar-refractivity contribution in [1.29, 1.82) is 0 Å². The highest BCUT2D eigenvalue weighted by molar-refractivity contribution is 5.91. The molecule has 180 valence electrons. The number of para-hydroxylation sites is 1. The summed E-state index contributed by atoms with van der Waals surface area (Å²) in [5.41, 5.74) is 1.04. The van der Waals surface area contributed by atoms with E-state index < -0.39 is 17.2 Å². The maximum Gasteiger partial charge on any atom is 0.320 e. The third-order valence-electron chi connectivity index (χ3n) is 6.18. The van der Waals surface area contributed by atoms with Crippen LogP contribution in [0.15, 0.2) is 84.9 Å². The van der Waals surface area contributed by atoms with Gasteiger partial charge in [-0.05, 0) is 54.0 Å². The van der Waals surface area contributed by atoms with Crippen LogP contribution in [0.4, 0.5) is 19.3 Å². The van der Waals surface area contributed by atoms with E-state index in [1.807, 2.05) is 48.5 Å². The number of urea groups is 1. The van der Waals surface area contributed by atoms with Crippen molar-refractivity contribution in [3.8, 4) is 0 Å². The normalized spacial score (nSPS) is 17.1. The highest BCUT2D eigenvalue weighted by atomic mass is 19.1. The lowest BCUT2D eigenvalue weighted by molar-refractivity contribution is -0.116. The van der Waals surface area contributed by atoms with E-state index in [1.54, 1.807) is 37.2 Å². The standard InChI is InChI=1S/C28H27F2N3O2/c1-32(2)27(35)33-19-20(24-17-22(29)13-14-25(24)30)18-28(33,21-9-5-3-6-10-21)16-15-26(34)31-23-11-7-4-8-12-23/h3-14,17-18H,15-16,19H2,1-2H3,(H,31,34). The number of anilines is 1. The summed E-state index contributed by atoms with van der Waals surface area (Å²) in [7, 11) is 3.28. The molecule has 3 aromatic rings. The summed E-state index contributed by atoms with van der Waals surface area (Å²) in [6, 6.07) is 21.5. The van der Waals surface area contributed by atoms with Crippen LogP contribution in [-0.2, 0) is 10.3 Å². The molecule has 4 rings (SSSR count). The molecule has 5 nitrogen and oxygen atoms in total. The van der Waals surface area contributed by atoms with Crippen LogP contribution >= 0.6 is 0 Å². The fourth-order valence-electron chi connectivity index (χ4n) is 4.48. The Morgan fingerprint density at radius 3 is 2.29 bits per heavy atom. The molecule has 0 radical (unpaired) electrons. The molecule has 3 amide bonds. The number of benzene rings is 3. The summed E-state index contributed by atoms with van der Waals surface area (Å²) in [5, 5.41) is 2.88. The van der Waals surface area contributed by atoms with Crippen LogP contribution in [0.2, 0.25) is 0 Å². The molecule has 0 saturated carbocycles. The van der Waals surface area contributed by atoms with Crippen LogP contribution in [-0.4, -0.2) is 42.4 Å². The Bertz CT molecular complexity index is 1250. The molecule has 7 heteroatoms. The first kappa shape index (κ1) is 24.1. The second-order valence-corrected chi connectivity index (χ2v) is 8.76. The Morgan fingerprint density at radius 2 is 1.63 bits per heavy atom. The minimum Gasteiger partial charge on any atom is -0.331 e. The van der Waals surface area contributed by atoms with Crippen molar-refractivity contribution in [3.63, 3.8) is 0 Å². The van der Waals surface area contributed by atoms with Crippen molar-refractivity contribution >= 4 is 23.2 Å². The highest BCUT2D eigenvalue weighted by Crippen LogP contribution is 2.44. The number of halogens is 2. The second kappa shape index (κ2) is 10.1. The van der Waals surface area contributed by atoms with Crippen molar-refractivity contribution in [2.75, 3.05) is 26.0 Å². The van der Waals surface area contributed by atoms with E-state index in [1.165, 1.54) is 4.90 Å². The van der Waals surface area contributed by atoms with Crippen LogP contribution in [0.1, 0.15) is 24.0 Å². The van der Waals surface area contributed by atoms with Crippen LogP contribution < -0.4 is 5.32 Å². The number of hydrogen-bond acceptors (Lipinski definition) is 2. The summed E-state index contributed by atoms with van der Waals surface area (Å²) in [4.78, 5) is 29.3. The van der Waals surface area contributed by atoms with E-state index in [-0.39, 0.29) is 36.9 Å². The SMILES string of the molecule is CN(C)C(=O)N1CC(c2cc(F)ccc2F)=CC1(CCC(=O)Nc1ccccc1)c1ccccc1. The maximum atomic E-state index is 14.7. The second-order valence-electron chi connectivity index (χ2n) is 8.76. The van der Waals surface area contributed by atoms with Gasteiger partial charge in [0, 0.05) is 38.3 Å². The van der Waals surface area contributed by atoms with Gasteiger partial charge in [0.05, 0.1) is 5.54 Å². The van der Waals surface area contributed by atoms with E-state index in [9.17, 15) is 18.4 Å². The first-order valence-electron chi connectivity index (χ1n) is 11.4. The predicted octanol–water partition coefficient (Wildman–Crippen LogP) is 5.66. The molecule has 1 aliphatic heterocycles. The molecular weight excluding hydrogens is 448 g/mol. The van der Waals surface area contributed by atoms with Gasteiger partial charge >= 0.3 is 6.03 Å². The molecular formula is C28H27F2N3O2.